The zero-order chi connectivity index (χ0) is 27.3. The van der Waals surface area contributed by atoms with Crippen LogP contribution in [0, 0.1) is 0 Å². The molecule has 0 bridgehead atoms. The Morgan fingerprint density at radius 1 is 0.861 bits per heavy atom. The predicted octanol–water partition coefficient (Wildman–Crippen LogP) is -2.86. The van der Waals surface area contributed by atoms with E-state index in [0.29, 0.717) is 6.42 Å². The molecule has 1 aromatic carbocycles. The van der Waals surface area contributed by atoms with Gasteiger partial charge in [-0.3, -0.25) is 14.6 Å². The van der Waals surface area contributed by atoms with Crippen molar-refractivity contribution in [3.8, 4) is 0 Å². The van der Waals surface area contributed by atoms with Crippen molar-refractivity contribution in [1.29, 1.82) is 0 Å². The molecule has 0 aliphatic heterocycles. The molecule has 200 valence electrons. The first-order valence-corrected chi connectivity index (χ1v) is 11.2. The molecule has 5 atom stereocenters. The molecule has 12 N–H and O–H groups in total. The van der Waals surface area contributed by atoms with Gasteiger partial charge >= 0.3 is 23.9 Å². The molecule has 0 saturated heterocycles. The van der Waals surface area contributed by atoms with E-state index < -0.39 is 60.8 Å². The zero-order valence-corrected chi connectivity index (χ0v) is 20.1. The van der Waals surface area contributed by atoms with Crippen molar-refractivity contribution in [2.45, 2.75) is 56.5 Å². The predicted molar refractivity (Wildman–Crippen MR) is 130 cm³/mol. The Bertz CT molecular complexity index is 909. The lowest BCUT2D eigenvalue weighted by molar-refractivity contribution is -0.163. The Kier molecular flexibility index (Phi) is 13.0. The van der Waals surface area contributed by atoms with Gasteiger partial charge in [0.25, 0.3) is 0 Å². The van der Waals surface area contributed by atoms with E-state index in [9.17, 15) is 19.2 Å². The number of hydrogen-bond acceptors (Lipinski definition) is 12. The maximum Gasteiger partial charge on any atom is 0.334 e. The second kappa shape index (κ2) is 15.4. The van der Waals surface area contributed by atoms with E-state index in [1.165, 1.54) is 6.92 Å². The molecule has 14 heteroatoms. The summed E-state index contributed by atoms with van der Waals surface area (Å²) in [5.41, 5.74) is 34.1. The van der Waals surface area contributed by atoms with Gasteiger partial charge in [0, 0.05) is 6.54 Å². The van der Waals surface area contributed by atoms with Crippen LogP contribution in [0.2, 0.25) is 0 Å². The standard InChI is InChI=1S/C22H35N7O7/c1-12(35-19(31)15(24)10-13-6-3-2-4-7-13)17(26)21(33)34-11-16(25)20(32)36-18(30)14(23)8-5-9-29-22(27)28/h2-4,6-7,12,14-17H,5,8-11,23-26H2,1H3,(H4,27,28,29)/t12-,14+,15+,16+,17+/m1/s1. The number of nitrogens with zero attached hydrogens (tertiary/aromatic N) is 1. The number of carbonyl (C=O) groups is 4. The molecule has 1 aromatic rings. The van der Waals surface area contributed by atoms with Crippen molar-refractivity contribution in [3.63, 3.8) is 0 Å². The summed E-state index contributed by atoms with van der Waals surface area (Å²) >= 11 is 0. The van der Waals surface area contributed by atoms with Crippen molar-refractivity contribution in [2.75, 3.05) is 13.2 Å². The molecule has 0 saturated carbocycles. The highest BCUT2D eigenvalue weighted by Crippen LogP contribution is 2.07. The quantitative estimate of drug-likeness (QED) is 0.0368. The molecule has 0 aromatic heterocycles. The Balaban J connectivity index is 2.41. The van der Waals surface area contributed by atoms with E-state index in [1.54, 1.807) is 0 Å². The van der Waals surface area contributed by atoms with Gasteiger partial charge in [-0.2, -0.15) is 0 Å². The van der Waals surface area contributed by atoms with Gasteiger partial charge < -0.3 is 48.6 Å². The van der Waals surface area contributed by atoms with Crippen LogP contribution in [0.4, 0.5) is 0 Å². The molecular weight excluding hydrogens is 474 g/mol. The molecule has 0 amide bonds. The largest absolute Gasteiger partial charge is 0.462 e. The summed E-state index contributed by atoms with van der Waals surface area (Å²) in [6.45, 7) is 1.01. The van der Waals surface area contributed by atoms with E-state index >= 15 is 0 Å². The number of rotatable bonds is 14. The monoisotopic (exact) mass is 509 g/mol. The van der Waals surface area contributed by atoms with Crippen molar-refractivity contribution in [1.82, 2.24) is 0 Å². The van der Waals surface area contributed by atoms with Crippen LogP contribution in [0.25, 0.3) is 0 Å². The van der Waals surface area contributed by atoms with Gasteiger partial charge in [0.05, 0.1) is 0 Å². The number of guanidine groups is 1. The molecule has 1 rings (SSSR count). The first-order chi connectivity index (χ1) is 16.9. The number of benzene rings is 1. The van der Waals surface area contributed by atoms with Crippen LogP contribution in [0.15, 0.2) is 35.3 Å². The average molecular weight is 510 g/mol. The molecular formula is C22H35N7O7. The van der Waals surface area contributed by atoms with Gasteiger partial charge in [0.1, 0.15) is 36.9 Å². The molecule has 0 fully saturated rings. The third-order valence-corrected chi connectivity index (χ3v) is 4.86. The summed E-state index contributed by atoms with van der Waals surface area (Å²) in [6, 6.07) is 4.16. The number of nitrogens with two attached hydrogens (primary N) is 6. The minimum Gasteiger partial charge on any atom is -0.462 e. The number of ether oxygens (including phenoxy) is 3. The summed E-state index contributed by atoms with van der Waals surface area (Å²) in [4.78, 5) is 52.0. The van der Waals surface area contributed by atoms with Crippen LogP contribution >= 0.6 is 0 Å². The number of aliphatic imine (C=N–C) groups is 1. The lowest BCUT2D eigenvalue weighted by Gasteiger charge is -2.21. The molecule has 0 aliphatic rings. The van der Waals surface area contributed by atoms with E-state index in [0.717, 1.165) is 5.56 Å². The first kappa shape index (κ1) is 30.4. The molecule has 0 aliphatic carbocycles. The molecule has 0 spiro atoms. The summed E-state index contributed by atoms with van der Waals surface area (Å²) < 4.78 is 14.7. The van der Waals surface area contributed by atoms with E-state index in [2.05, 4.69) is 9.73 Å². The maximum absolute atomic E-state index is 12.2. The van der Waals surface area contributed by atoms with Gasteiger partial charge in [-0.1, -0.05) is 30.3 Å². The highest BCUT2D eigenvalue weighted by molar-refractivity contribution is 5.91. The lowest BCUT2D eigenvalue weighted by Crippen LogP contribution is -2.48. The fourth-order valence-corrected chi connectivity index (χ4v) is 2.71. The summed E-state index contributed by atoms with van der Waals surface area (Å²) in [5, 5.41) is 0. The molecule has 0 radical (unpaired) electrons. The minimum atomic E-state index is -1.48. The summed E-state index contributed by atoms with van der Waals surface area (Å²) in [6.07, 6.45) is -0.299. The first-order valence-electron chi connectivity index (χ1n) is 11.2. The van der Waals surface area contributed by atoms with Crippen LogP contribution in [0.3, 0.4) is 0 Å². The normalized spacial score (nSPS) is 14.9. The lowest BCUT2D eigenvalue weighted by atomic mass is 10.1. The van der Waals surface area contributed by atoms with Crippen LogP contribution in [-0.4, -0.2) is 73.3 Å². The summed E-state index contributed by atoms with van der Waals surface area (Å²) in [5.74, 6) is -3.98. The second-order valence-electron chi connectivity index (χ2n) is 8.00. The fourth-order valence-electron chi connectivity index (χ4n) is 2.71. The Morgan fingerprint density at radius 3 is 2.08 bits per heavy atom. The Labute approximate surface area is 208 Å². The van der Waals surface area contributed by atoms with Gasteiger partial charge in [-0.15, -0.1) is 0 Å². The topological polar surface area (TPSA) is 264 Å². The maximum atomic E-state index is 12.2. The van der Waals surface area contributed by atoms with Crippen LogP contribution in [0.5, 0.6) is 0 Å². The smallest absolute Gasteiger partial charge is 0.334 e. The van der Waals surface area contributed by atoms with Crippen molar-refractivity contribution >= 4 is 29.8 Å². The van der Waals surface area contributed by atoms with Crippen molar-refractivity contribution in [3.05, 3.63) is 35.9 Å². The van der Waals surface area contributed by atoms with Crippen molar-refractivity contribution in [2.24, 2.45) is 39.4 Å². The van der Waals surface area contributed by atoms with Gasteiger partial charge in [0.2, 0.25) is 0 Å². The van der Waals surface area contributed by atoms with E-state index in [4.69, 9.17) is 43.9 Å². The van der Waals surface area contributed by atoms with Gasteiger partial charge in [0.15, 0.2) is 5.96 Å². The molecule has 14 nitrogen and oxygen atoms in total. The highest BCUT2D eigenvalue weighted by atomic mass is 16.6. The molecule has 0 heterocycles. The minimum absolute atomic E-state index is 0.0965. The zero-order valence-electron chi connectivity index (χ0n) is 20.1. The second-order valence-corrected chi connectivity index (χ2v) is 8.00. The van der Waals surface area contributed by atoms with E-state index in [1.807, 2.05) is 30.3 Å². The van der Waals surface area contributed by atoms with Gasteiger partial charge in [-0.25, -0.2) is 9.59 Å². The number of carbonyl (C=O) groups excluding carboxylic acids is 4. The third-order valence-electron chi connectivity index (χ3n) is 4.86. The number of hydrogen-bond donors (Lipinski definition) is 6. The Hall–Kier alpha value is -3.59. The fraction of sp³-hybridized carbons (Fsp3) is 0.500. The van der Waals surface area contributed by atoms with Gasteiger partial charge in [-0.05, 0) is 31.7 Å². The van der Waals surface area contributed by atoms with Crippen molar-refractivity contribution < 1.29 is 33.4 Å². The van der Waals surface area contributed by atoms with E-state index in [-0.39, 0.29) is 25.3 Å². The molecule has 0 unspecified atom stereocenters. The van der Waals surface area contributed by atoms with Crippen LogP contribution in [0.1, 0.15) is 25.3 Å². The average Bonchev–Trinajstić information content (AvgIpc) is 2.84. The SMILES string of the molecule is C[C@@H](OC(=O)[C@@H](N)Cc1ccccc1)[C@H](N)C(=O)OC[C@H](N)C(=O)OC(=O)[C@@H](N)CCCN=C(N)N. The van der Waals surface area contributed by atoms with Crippen LogP contribution < -0.4 is 34.4 Å². The molecule has 36 heavy (non-hydrogen) atoms. The highest BCUT2D eigenvalue weighted by Gasteiger charge is 2.30. The number of esters is 4. The summed E-state index contributed by atoms with van der Waals surface area (Å²) in [7, 11) is 0. The third kappa shape index (κ3) is 11.2. The Morgan fingerprint density at radius 2 is 1.47 bits per heavy atom. The van der Waals surface area contributed by atoms with Crippen LogP contribution in [-0.2, 0) is 39.8 Å².